The molecule has 2 aliphatic heterocycles. The molecule has 98 valence electrons. The fourth-order valence-corrected chi connectivity index (χ4v) is 2.84. The van der Waals surface area contributed by atoms with Crippen LogP contribution in [-0.4, -0.2) is 49.1 Å². The van der Waals surface area contributed by atoms with Crippen LogP contribution >= 0.6 is 0 Å². The zero-order valence-electron chi connectivity index (χ0n) is 11.1. The van der Waals surface area contributed by atoms with E-state index in [4.69, 9.17) is 0 Å². The molecule has 0 unspecified atom stereocenters. The Morgan fingerprint density at radius 2 is 2.00 bits per heavy atom. The number of amides is 1. The van der Waals surface area contributed by atoms with Crippen molar-refractivity contribution in [3.63, 3.8) is 0 Å². The molecule has 0 aromatic rings. The second-order valence-electron chi connectivity index (χ2n) is 5.78. The van der Waals surface area contributed by atoms with Crippen LogP contribution < -0.4 is 10.6 Å². The van der Waals surface area contributed by atoms with Crippen LogP contribution in [0.5, 0.6) is 0 Å². The number of hydrogen-bond acceptors (Lipinski definition) is 3. The highest BCUT2D eigenvalue weighted by Crippen LogP contribution is 2.22. The van der Waals surface area contributed by atoms with Gasteiger partial charge < -0.3 is 10.6 Å². The Balaban J connectivity index is 1.82. The zero-order chi connectivity index (χ0) is 12.3. The van der Waals surface area contributed by atoms with Gasteiger partial charge in [0.2, 0.25) is 5.91 Å². The van der Waals surface area contributed by atoms with Gasteiger partial charge in [-0.05, 0) is 58.7 Å². The van der Waals surface area contributed by atoms with Crippen LogP contribution in [0.4, 0.5) is 0 Å². The zero-order valence-corrected chi connectivity index (χ0v) is 11.1. The van der Waals surface area contributed by atoms with Gasteiger partial charge in [0, 0.05) is 13.1 Å². The van der Waals surface area contributed by atoms with Gasteiger partial charge >= 0.3 is 0 Å². The van der Waals surface area contributed by atoms with Crippen LogP contribution in [-0.2, 0) is 4.79 Å². The molecule has 2 aliphatic rings. The predicted molar refractivity (Wildman–Crippen MR) is 68.9 cm³/mol. The van der Waals surface area contributed by atoms with E-state index in [9.17, 15) is 4.79 Å². The third-order valence-electron chi connectivity index (χ3n) is 4.28. The van der Waals surface area contributed by atoms with Gasteiger partial charge in [0.25, 0.3) is 0 Å². The maximum Gasteiger partial charge on any atom is 0.239 e. The van der Waals surface area contributed by atoms with Crippen molar-refractivity contribution < 1.29 is 4.79 Å². The summed E-state index contributed by atoms with van der Waals surface area (Å²) in [5.74, 6) is 1.02. The van der Waals surface area contributed by atoms with Crippen LogP contribution in [0.25, 0.3) is 0 Å². The summed E-state index contributed by atoms with van der Waals surface area (Å²) in [6.45, 7) is 9.24. The third-order valence-corrected chi connectivity index (χ3v) is 4.28. The monoisotopic (exact) mass is 239 g/mol. The Hall–Kier alpha value is -0.610. The first kappa shape index (κ1) is 12.8. The minimum atomic E-state index is -0.328. The molecule has 1 amide bonds. The van der Waals surface area contributed by atoms with Crippen molar-refractivity contribution in [1.29, 1.82) is 0 Å². The number of hydrogen-bond donors (Lipinski definition) is 2. The molecule has 4 heteroatoms. The lowest BCUT2D eigenvalue weighted by atomic mass is 9.92. The van der Waals surface area contributed by atoms with E-state index in [1.807, 2.05) is 13.8 Å². The van der Waals surface area contributed by atoms with Crippen LogP contribution in [0.15, 0.2) is 0 Å². The Kier molecular flexibility index (Phi) is 4.05. The maximum absolute atomic E-state index is 11.8. The highest BCUT2D eigenvalue weighted by atomic mass is 16.2. The summed E-state index contributed by atoms with van der Waals surface area (Å²) in [6.07, 6.45) is 3.82. The van der Waals surface area contributed by atoms with Crippen molar-refractivity contribution in [3.05, 3.63) is 0 Å². The molecule has 2 N–H and O–H groups in total. The number of piperidine rings is 1. The molecule has 0 aromatic heterocycles. The van der Waals surface area contributed by atoms with E-state index in [-0.39, 0.29) is 11.4 Å². The number of carbonyl (C=O) groups is 1. The number of rotatable bonds is 3. The van der Waals surface area contributed by atoms with Gasteiger partial charge in [0.15, 0.2) is 0 Å². The summed E-state index contributed by atoms with van der Waals surface area (Å²) < 4.78 is 0. The van der Waals surface area contributed by atoms with Crippen LogP contribution in [0.3, 0.4) is 0 Å². The van der Waals surface area contributed by atoms with Crippen molar-refractivity contribution in [1.82, 2.24) is 15.5 Å². The molecular weight excluding hydrogens is 214 g/mol. The number of nitrogens with one attached hydrogen (secondary N) is 2. The summed E-state index contributed by atoms with van der Waals surface area (Å²) >= 11 is 0. The Bertz CT molecular complexity index is 272. The first-order valence-electron chi connectivity index (χ1n) is 6.85. The molecule has 0 aromatic carbocycles. The Morgan fingerprint density at radius 3 is 2.71 bits per heavy atom. The summed E-state index contributed by atoms with van der Waals surface area (Å²) in [5.41, 5.74) is -0.328. The molecule has 0 atom stereocenters. The van der Waals surface area contributed by atoms with Crippen LogP contribution in [0.2, 0.25) is 0 Å². The number of nitrogens with zero attached hydrogens (tertiary/aromatic N) is 1. The van der Waals surface area contributed by atoms with Gasteiger partial charge in [0.1, 0.15) is 0 Å². The quantitative estimate of drug-likeness (QED) is 0.757. The highest BCUT2D eigenvalue weighted by molar-refractivity contribution is 5.86. The first-order valence-corrected chi connectivity index (χ1v) is 6.85. The number of piperazine rings is 1. The normalized spacial score (nSPS) is 26.8. The molecule has 17 heavy (non-hydrogen) atoms. The van der Waals surface area contributed by atoms with Crippen molar-refractivity contribution >= 4 is 5.91 Å². The fourth-order valence-electron chi connectivity index (χ4n) is 2.84. The summed E-state index contributed by atoms with van der Waals surface area (Å²) in [7, 11) is 0. The van der Waals surface area contributed by atoms with Crippen molar-refractivity contribution in [2.24, 2.45) is 5.92 Å². The number of carbonyl (C=O) groups excluding carboxylic acids is 1. The molecule has 0 spiro atoms. The summed E-state index contributed by atoms with van der Waals surface area (Å²) in [6, 6.07) is 0. The molecule has 2 saturated heterocycles. The molecule has 2 heterocycles. The first-order chi connectivity index (χ1) is 8.10. The summed E-state index contributed by atoms with van der Waals surface area (Å²) in [5, 5.41) is 6.35. The summed E-state index contributed by atoms with van der Waals surface area (Å²) in [4.78, 5) is 14.2. The van der Waals surface area contributed by atoms with Gasteiger partial charge in [-0.2, -0.15) is 0 Å². The molecule has 0 aliphatic carbocycles. The average Bonchev–Trinajstić information content (AvgIpc) is 2.32. The lowest BCUT2D eigenvalue weighted by molar-refractivity contribution is -0.135. The average molecular weight is 239 g/mol. The van der Waals surface area contributed by atoms with Crippen LogP contribution in [0.1, 0.15) is 33.1 Å². The second-order valence-corrected chi connectivity index (χ2v) is 5.78. The van der Waals surface area contributed by atoms with E-state index in [1.54, 1.807) is 0 Å². The second kappa shape index (κ2) is 5.36. The SMILES string of the molecule is CC1(C)C(=O)NCCN1CCC1CCNCC1. The highest BCUT2D eigenvalue weighted by Gasteiger charge is 2.37. The van der Waals surface area contributed by atoms with Gasteiger partial charge in [-0.3, -0.25) is 9.69 Å². The predicted octanol–water partition coefficient (Wildman–Crippen LogP) is 0.587. The lowest BCUT2D eigenvalue weighted by Gasteiger charge is -2.42. The standard InChI is InChI=1S/C13H25N3O/c1-13(2)12(17)15-8-10-16(13)9-5-11-3-6-14-7-4-11/h11,14H,3-10H2,1-2H3,(H,15,17). The van der Waals surface area contributed by atoms with E-state index >= 15 is 0 Å². The minimum absolute atomic E-state index is 0.175. The topological polar surface area (TPSA) is 44.4 Å². The van der Waals surface area contributed by atoms with E-state index in [0.29, 0.717) is 0 Å². The molecule has 2 fully saturated rings. The molecular formula is C13H25N3O. The van der Waals surface area contributed by atoms with Gasteiger partial charge in [-0.15, -0.1) is 0 Å². The van der Waals surface area contributed by atoms with Crippen molar-refractivity contribution in [2.75, 3.05) is 32.7 Å². The van der Waals surface area contributed by atoms with Gasteiger partial charge in [-0.25, -0.2) is 0 Å². The minimum Gasteiger partial charge on any atom is -0.353 e. The van der Waals surface area contributed by atoms with E-state index in [0.717, 1.165) is 38.6 Å². The van der Waals surface area contributed by atoms with E-state index < -0.39 is 0 Å². The molecule has 0 bridgehead atoms. The molecule has 0 saturated carbocycles. The lowest BCUT2D eigenvalue weighted by Crippen LogP contribution is -2.61. The van der Waals surface area contributed by atoms with Gasteiger partial charge in [-0.1, -0.05) is 0 Å². The van der Waals surface area contributed by atoms with Gasteiger partial charge in [0.05, 0.1) is 5.54 Å². The smallest absolute Gasteiger partial charge is 0.239 e. The van der Waals surface area contributed by atoms with Crippen LogP contribution in [0, 0.1) is 5.92 Å². The Morgan fingerprint density at radius 1 is 1.29 bits per heavy atom. The molecule has 0 radical (unpaired) electrons. The fraction of sp³-hybridized carbons (Fsp3) is 0.923. The van der Waals surface area contributed by atoms with Crippen molar-refractivity contribution in [2.45, 2.75) is 38.6 Å². The van der Waals surface area contributed by atoms with Crippen molar-refractivity contribution in [3.8, 4) is 0 Å². The molecule has 4 nitrogen and oxygen atoms in total. The largest absolute Gasteiger partial charge is 0.353 e. The van der Waals surface area contributed by atoms with E-state index in [1.165, 1.54) is 19.3 Å². The maximum atomic E-state index is 11.8. The van der Waals surface area contributed by atoms with E-state index in [2.05, 4.69) is 15.5 Å². The third kappa shape index (κ3) is 2.99. The molecule has 2 rings (SSSR count). The Labute approximate surface area is 104 Å².